The predicted molar refractivity (Wildman–Crippen MR) is 87.4 cm³/mol. The van der Waals surface area contributed by atoms with Crippen LogP contribution in [0.5, 0.6) is 5.75 Å². The summed E-state index contributed by atoms with van der Waals surface area (Å²) >= 11 is 0. The molecule has 6 nitrogen and oxygen atoms in total. The van der Waals surface area contributed by atoms with E-state index in [1.54, 1.807) is 26.0 Å². The molecule has 1 N–H and O–H groups in total. The second-order valence-corrected chi connectivity index (χ2v) is 6.26. The molecule has 2 rings (SSSR count). The summed E-state index contributed by atoms with van der Waals surface area (Å²) in [6, 6.07) is 7.30. The number of Topliss-reactive ketones (excluding diaryl/α,β-unsaturated/α-hetero) is 1. The Kier molecular flexibility index (Phi) is 6.09. The number of aliphatic hydroxyl groups is 1. The van der Waals surface area contributed by atoms with E-state index in [1.807, 2.05) is 12.1 Å². The lowest BCUT2D eigenvalue weighted by atomic mass is 10.1. The maximum atomic E-state index is 11.8. The van der Waals surface area contributed by atoms with Crippen molar-refractivity contribution in [3.63, 3.8) is 0 Å². The highest BCUT2D eigenvalue weighted by Gasteiger charge is 2.36. The molecule has 0 bridgehead atoms. The van der Waals surface area contributed by atoms with E-state index in [4.69, 9.17) is 4.74 Å². The van der Waals surface area contributed by atoms with Crippen LogP contribution >= 0.6 is 0 Å². The van der Waals surface area contributed by atoms with E-state index in [0.29, 0.717) is 18.6 Å². The Balaban J connectivity index is 1.79. The fraction of sp³-hybridized carbons (Fsp3) is 0.500. The fourth-order valence-corrected chi connectivity index (χ4v) is 2.57. The Labute approximate surface area is 141 Å². The Morgan fingerprint density at radius 1 is 1.33 bits per heavy atom. The van der Waals surface area contributed by atoms with Gasteiger partial charge in [-0.2, -0.15) is 0 Å². The van der Waals surface area contributed by atoms with Gasteiger partial charge in [0.15, 0.2) is 0 Å². The summed E-state index contributed by atoms with van der Waals surface area (Å²) in [5, 5.41) is 9.98. The number of amides is 2. The van der Waals surface area contributed by atoms with Crippen molar-refractivity contribution >= 4 is 17.6 Å². The molecule has 0 radical (unpaired) electrons. The highest BCUT2D eigenvalue weighted by atomic mass is 16.5. The van der Waals surface area contributed by atoms with Crippen molar-refractivity contribution in [2.24, 2.45) is 5.92 Å². The van der Waals surface area contributed by atoms with Crippen molar-refractivity contribution in [3.8, 4) is 5.75 Å². The zero-order valence-electron chi connectivity index (χ0n) is 14.0. The van der Waals surface area contributed by atoms with Gasteiger partial charge in [-0.15, -0.1) is 0 Å². The van der Waals surface area contributed by atoms with Gasteiger partial charge in [-0.25, -0.2) is 0 Å². The topological polar surface area (TPSA) is 83.9 Å². The number of hydrogen-bond acceptors (Lipinski definition) is 5. The Bertz CT molecular complexity index is 610. The number of hydrogen-bond donors (Lipinski definition) is 1. The van der Waals surface area contributed by atoms with Crippen LogP contribution in [0, 0.1) is 5.92 Å². The van der Waals surface area contributed by atoms with Crippen LogP contribution in [0.15, 0.2) is 24.3 Å². The van der Waals surface area contributed by atoms with Crippen LogP contribution in [0.2, 0.25) is 0 Å². The second-order valence-electron chi connectivity index (χ2n) is 6.26. The van der Waals surface area contributed by atoms with E-state index >= 15 is 0 Å². The first-order valence-corrected chi connectivity index (χ1v) is 8.10. The number of benzene rings is 1. The van der Waals surface area contributed by atoms with E-state index < -0.39 is 6.10 Å². The number of β-amino-alcohol motifs (C(OH)–C–C–N with tert-alkyl or cyclic N) is 1. The second kappa shape index (κ2) is 8.06. The summed E-state index contributed by atoms with van der Waals surface area (Å²) in [6.45, 7) is 3.23. The van der Waals surface area contributed by atoms with Crippen LogP contribution in [0.3, 0.4) is 0 Å². The lowest BCUT2D eigenvalue weighted by Crippen LogP contribution is -2.39. The van der Waals surface area contributed by atoms with Crippen LogP contribution in [-0.2, 0) is 20.8 Å². The molecule has 6 heteroatoms. The highest BCUT2D eigenvalue weighted by Crippen LogP contribution is 2.19. The molecule has 2 amide bonds. The molecule has 1 aromatic carbocycles. The highest BCUT2D eigenvalue weighted by molar-refractivity contribution is 6.03. The van der Waals surface area contributed by atoms with Crippen LogP contribution in [0.1, 0.15) is 32.3 Å². The van der Waals surface area contributed by atoms with Gasteiger partial charge in [0.1, 0.15) is 24.2 Å². The van der Waals surface area contributed by atoms with Crippen LogP contribution in [-0.4, -0.2) is 46.9 Å². The number of carbonyl (C=O) groups excluding carboxylic acids is 3. The largest absolute Gasteiger partial charge is 0.491 e. The molecule has 0 unspecified atom stereocenters. The smallest absolute Gasteiger partial charge is 0.232 e. The molecular weight excluding hydrogens is 310 g/mol. The fourth-order valence-electron chi connectivity index (χ4n) is 2.57. The first-order valence-electron chi connectivity index (χ1n) is 8.10. The summed E-state index contributed by atoms with van der Waals surface area (Å²) in [4.78, 5) is 35.5. The van der Waals surface area contributed by atoms with Crippen molar-refractivity contribution in [2.75, 3.05) is 13.2 Å². The summed E-state index contributed by atoms with van der Waals surface area (Å²) < 4.78 is 5.49. The number of ether oxygens (including phenoxy) is 1. The van der Waals surface area contributed by atoms with Gasteiger partial charge in [-0.3, -0.25) is 14.5 Å². The average Bonchev–Trinajstić information content (AvgIpc) is 2.78. The zero-order chi connectivity index (χ0) is 17.7. The third-order valence-corrected chi connectivity index (χ3v) is 3.99. The number of aryl methyl sites for hydroxylation is 1. The summed E-state index contributed by atoms with van der Waals surface area (Å²) in [5.74, 6) is -0.0599. The van der Waals surface area contributed by atoms with Gasteiger partial charge in [0.25, 0.3) is 0 Å². The van der Waals surface area contributed by atoms with Gasteiger partial charge in [0.05, 0.1) is 6.54 Å². The third kappa shape index (κ3) is 4.89. The maximum absolute atomic E-state index is 11.8. The minimum atomic E-state index is -0.930. The molecular formula is C18H23NO5. The molecule has 1 heterocycles. The van der Waals surface area contributed by atoms with Crippen LogP contribution in [0.4, 0.5) is 0 Å². The summed E-state index contributed by atoms with van der Waals surface area (Å²) in [5.41, 5.74) is 1.04. The monoisotopic (exact) mass is 333 g/mol. The molecule has 1 aliphatic rings. The number of carbonyl (C=O) groups is 3. The predicted octanol–water partition coefficient (Wildman–Crippen LogP) is 1.34. The number of nitrogens with zero attached hydrogens (tertiary/aromatic N) is 1. The van der Waals surface area contributed by atoms with Crippen LogP contribution < -0.4 is 4.74 Å². The average molecular weight is 333 g/mol. The molecule has 1 fully saturated rings. The van der Waals surface area contributed by atoms with Gasteiger partial charge in [-0.1, -0.05) is 19.1 Å². The molecule has 1 saturated heterocycles. The van der Waals surface area contributed by atoms with Crippen molar-refractivity contribution in [2.45, 2.75) is 39.2 Å². The molecule has 0 saturated carbocycles. The minimum absolute atomic E-state index is 0.00175. The first kappa shape index (κ1) is 18.1. The number of aliphatic hydroxyl groups excluding tert-OH is 1. The SMILES string of the molecule is CC(=O)CCc1ccc(OC[C@H](O)CN2C(=O)C[C@@H](C)C2=O)cc1. The first-order chi connectivity index (χ1) is 11.4. The number of imide groups is 1. The number of rotatable bonds is 8. The van der Waals surface area contributed by atoms with E-state index in [1.165, 1.54) is 0 Å². The van der Waals surface area contributed by atoms with Gasteiger partial charge in [0, 0.05) is 18.8 Å². The van der Waals surface area contributed by atoms with Crippen molar-refractivity contribution in [3.05, 3.63) is 29.8 Å². The number of likely N-dealkylation sites (tertiary alicyclic amines) is 1. The van der Waals surface area contributed by atoms with Gasteiger partial charge in [0.2, 0.25) is 11.8 Å². The lowest BCUT2D eigenvalue weighted by Gasteiger charge is -2.19. The van der Waals surface area contributed by atoms with Crippen LogP contribution in [0.25, 0.3) is 0 Å². The van der Waals surface area contributed by atoms with Crippen molar-refractivity contribution in [1.82, 2.24) is 4.90 Å². The molecule has 0 aliphatic carbocycles. The number of ketones is 1. The maximum Gasteiger partial charge on any atom is 0.232 e. The Morgan fingerprint density at radius 3 is 2.54 bits per heavy atom. The molecule has 1 aliphatic heterocycles. The van der Waals surface area contributed by atoms with Crippen molar-refractivity contribution < 1.29 is 24.2 Å². The Hall–Kier alpha value is -2.21. The van der Waals surface area contributed by atoms with E-state index in [9.17, 15) is 19.5 Å². The van der Waals surface area contributed by atoms with E-state index in [2.05, 4.69) is 0 Å². The quantitative estimate of drug-likeness (QED) is 0.726. The normalized spacial score (nSPS) is 18.8. The van der Waals surface area contributed by atoms with E-state index in [0.717, 1.165) is 10.5 Å². The molecule has 0 spiro atoms. The molecule has 0 aromatic heterocycles. The minimum Gasteiger partial charge on any atom is -0.491 e. The standard InChI is InChI=1S/C18H23NO5/c1-12-9-17(22)19(18(12)23)10-15(21)11-24-16-7-5-14(6-8-16)4-3-13(2)20/h5-8,12,15,21H,3-4,9-11H2,1-2H3/t12-,15-/m1/s1. The summed E-state index contributed by atoms with van der Waals surface area (Å²) in [6.07, 6.45) is 0.472. The van der Waals surface area contributed by atoms with E-state index in [-0.39, 0.29) is 43.1 Å². The van der Waals surface area contributed by atoms with Gasteiger partial charge < -0.3 is 14.6 Å². The van der Waals surface area contributed by atoms with Gasteiger partial charge >= 0.3 is 0 Å². The lowest BCUT2D eigenvalue weighted by molar-refractivity contribution is -0.141. The molecule has 24 heavy (non-hydrogen) atoms. The molecule has 1 aromatic rings. The molecule has 130 valence electrons. The summed E-state index contributed by atoms with van der Waals surface area (Å²) in [7, 11) is 0. The van der Waals surface area contributed by atoms with Gasteiger partial charge in [-0.05, 0) is 31.0 Å². The molecule has 2 atom stereocenters. The zero-order valence-corrected chi connectivity index (χ0v) is 14.0. The third-order valence-electron chi connectivity index (χ3n) is 3.99. The van der Waals surface area contributed by atoms with Crippen molar-refractivity contribution in [1.29, 1.82) is 0 Å². The Morgan fingerprint density at radius 2 is 2.00 bits per heavy atom.